The van der Waals surface area contributed by atoms with Gasteiger partial charge in [-0.3, -0.25) is 9.59 Å². The van der Waals surface area contributed by atoms with Crippen molar-refractivity contribution in [2.24, 2.45) is 0 Å². The number of nitrogens with zero attached hydrogens (tertiary/aromatic N) is 2. The van der Waals surface area contributed by atoms with Gasteiger partial charge in [0.2, 0.25) is 0 Å². The molecule has 7 nitrogen and oxygen atoms in total. The number of hydrogen-bond acceptors (Lipinski definition) is 6. The molecular formula is C24H23N3O4S. The number of amides is 2. The Morgan fingerprint density at radius 1 is 1.09 bits per heavy atom. The molecule has 0 aliphatic carbocycles. The smallest absolute Gasteiger partial charge is 0.261 e. The SMILES string of the molecule is COc1ccc(OC)c(NC(=O)c2ccc3c(c2)Sc2ncccc2C(=O)N3C(C)C)c1. The zero-order valence-corrected chi connectivity index (χ0v) is 19.0. The van der Waals surface area contributed by atoms with Gasteiger partial charge in [-0.25, -0.2) is 4.98 Å². The Morgan fingerprint density at radius 2 is 1.91 bits per heavy atom. The van der Waals surface area contributed by atoms with Crippen LogP contribution in [0, 0.1) is 0 Å². The van der Waals surface area contributed by atoms with Gasteiger partial charge in [-0.15, -0.1) is 0 Å². The van der Waals surface area contributed by atoms with E-state index in [-0.39, 0.29) is 17.9 Å². The highest BCUT2D eigenvalue weighted by Gasteiger charge is 2.30. The highest BCUT2D eigenvalue weighted by molar-refractivity contribution is 7.99. The van der Waals surface area contributed by atoms with Crippen molar-refractivity contribution >= 4 is 35.0 Å². The second kappa shape index (κ2) is 8.92. The highest BCUT2D eigenvalue weighted by Crippen LogP contribution is 2.41. The van der Waals surface area contributed by atoms with E-state index in [2.05, 4.69) is 10.3 Å². The van der Waals surface area contributed by atoms with Gasteiger partial charge < -0.3 is 19.7 Å². The van der Waals surface area contributed by atoms with Gasteiger partial charge in [-0.1, -0.05) is 11.8 Å². The van der Waals surface area contributed by atoms with E-state index >= 15 is 0 Å². The number of aromatic nitrogens is 1. The second-order valence-corrected chi connectivity index (χ2v) is 8.46. The summed E-state index contributed by atoms with van der Waals surface area (Å²) in [7, 11) is 3.10. The van der Waals surface area contributed by atoms with Crippen molar-refractivity contribution < 1.29 is 19.1 Å². The summed E-state index contributed by atoms with van der Waals surface area (Å²) in [6.07, 6.45) is 1.66. The molecule has 4 rings (SSSR count). The molecule has 32 heavy (non-hydrogen) atoms. The van der Waals surface area contributed by atoms with E-state index < -0.39 is 0 Å². The van der Waals surface area contributed by atoms with E-state index in [0.29, 0.717) is 33.3 Å². The lowest BCUT2D eigenvalue weighted by Gasteiger charge is -2.27. The summed E-state index contributed by atoms with van der Waals surface area (Å²) in [6.45, 7) is 3.92. The maximum atomic E-state index is 13.2. The van der Waals surface area contributed by atoms with Crippen molar-refractivity contribution in [3.63, 3.8) is 0 Å². The standard InChI is InChI=1S/C24H23N3O4S/c1-14(2)27-19-9-7-15(12-21(19)32-23-17(24(27)29)6-5-11-25-23)22(28)26-18-13-16(30-3)8-10-20(18)31-4/h5-14H,1-4H3,(H,26,28). The van der Waals surface area contributed by atoms with Crippen LogP contribution < -0.4 is 19.7 Å². The minimum atomic E-state index is -0.298. The number of ether oxygens (including phenoxy) is 2. The molecule has 0 saturated heterocycles. The minimum absolute atomic E-state index is 0.0614. The van der Waals surface area contributed by atoms with E-state index in [9.17, 15) is 9.59 Å². The molecule has 2 amide bonds. The Labute approximate surface area is 190 Å². The van der Waals surface area contributed by atoms with Crippen molar-refractivity contribution in [2.45, 2.75) is 29.8 Å². The lowest BCUT2D eigenvalue weighted by molar-refractivity contribution is 0.0976. The summed E-state index contributed by atoms with van der Waals surface area (Å²) in [5, 5.41) is 3.51. The molecule has 1 aliphatic heterocycles. The Morgan fingerprint density at radius 3 is 2.62 bits per heavy atom. The zero-order valence-electron chi connectivity index (χ0n) is 18.2. The Balaban J connectivity index is 1.72. The fraction of sp³-hybridized carbons (Fsp3) is 0.208. The summed E-state index contributed by atoms with van der Waals surface area (Å²) < 4.78 is 10.6. The normalized spacial score (nSPS) is 12.7. The van der Waals surface area contributed by atoms with Crippen molar-refractivity contribution in [1.29, 1.82) is 0 Å². The van der Waals surface area contributed by atoms with E-state index in [1.807, 2.05) is 19.9 Å². The average Bonchev–Trinajstić information content (AvgIpc) is 2.92. The number of nitrogens with one attached hydrogen (secondary N) is 1. The van der Waals surface area contributed by atoms with Crippen LogP contribution in [0.1, 0.15) is 34.6 Å². The first-order valence-corrected chi connectivity index (χ1v) is 10.9. The van der Waals surface area contributed by atoms with Gasteiger partial charge in [0.15, 0.2) is 0 Å². The minimum Gasteiger partial charge on any atom is -0.497 e. The van der Waals surface area contributed by atoms with Gasteiger partial charge in [-0.2, -0.15) is 0 Å². The van der Waals surface area contributed by atoms with Crippen LogP contribution in [0.15, 0.2) is 64.6 Å². The number of rotatable bonds is 5. The van der Waals surface area contributed by atoms with Crippen LogP contribution in [0.3, 0.4) is 0 Å². The Hall–Kier alpha value is -3.52. The molecule has 2 heterocycles. The van der Waals surface area contributed by atoms with Crippen molar-refractivity contribution in [2.75, 3.05) is 24.4 Å². The number of carbonyl (C=O) groups is 2. The van der Waals surface area contributed by atoms with Crippen LogP contribution in [0.25, 0.3) is 0 Å². The second-order valence-electron chi connectivity index (χ2n) is 7.43. The van der Waals surface area contributed by atoms with Gasteiger partial charge in [0, 0.05) is 28.8 Å². The van der Waals surface area contributed by atoms with Crippen LogP contribution >= 0.6 is 11.8 Å². The molecule has 1 aromatic heterocycles. The number of pyridine rings is 1. The maximum Gasteiger partial charge on any atom is 0.261 e. The predicted molar refractivity (Wildman–Crippen MR) is 124 cm³/mol. The van der Waals surface area contributed by atoms with Crippen LogP contribution in [-0.2, 0) is 0 Å². The number of carbonyl (C=O) groups excluding carboxylic acids is 2. The molecule has 0 bridgehead atoms. The fourth-order valence-corrected chi connectivity index (χ4v) is 4.58. The molecule has 1 N–H and O–H groups in total. The number of methoxy groups -OCH3 is 2. The van der Waals surface area contributed by atoms with Gasteiger partial charge in [0.1, 0.15) is 16.5 Å². The summed E-state index contributed by atoms with van der Waals surface area (Å²) in [6, 6.07) is 14.0. The number of anilines is 2. The third-order valence-electron chi connectivity index (χ3n) is 5.08. The van der Waals surface area contributed by atoms with Crippen molar-refractivity contribution in [3.05, 3.63) is 65.9 Å². The highest BCUT2D eigenvalue weighted by atomic mass is 32.2. The quantitative estimate of drug-likeness (QED) is 0.599. The molecular weight excluding hydrogens is 426 g/mol. The first-order chi connectivity index (χ1) is 15.4. The topological polar surface area (TPSA) is 80.8 Å². The molecule has 1 aliphatic rings. The monoisotopic (exact) mass is 449 g/mol. The molecule has 2 aromatic carbocycles. The number of hydrogen-bond donors (Lipinski definition) is 1. The summed E-state index contributed by atoms with van der Waals surface area (Å²) >= 11 is 1.38. The third kappa shape index (κ3) is 4.01. The van der Waals surface area contributed by atoms with Crippen molar-refractivity contribution in [1.82, 2.24) is 4.98 Å². The van der Waals surface area contributed by atoms with E-state index in [4.69, 9.17) is 9.47 Å². The Bertz CT molecular complexity index is 1200. The van der Waals surface area contributed by atoms with Crippen LogP contribution in [-0.4, -0.2) is 37.1 Å². The van der Waals surface area contributed by atoms with Gasteiger partial charge in [-0.05, 0) is 56.3 Å². The maximum absolute atomic E-state index is 13.2. The van der Waals surface area contributed by atoms with E-state index in [1.165, 1.54) is 11.8 Å². The molecule has 0 fully saturated rings. The van der Waals surface area contributed by atoms with Gasteiger partial charge in [0.25, 0.3) is 11.8 Å². The third-order valence-corrected chi connectivity index (χ3v) is 6.15. The molecule has 0 unspecified atom stereocenters. The largest absolute Gasteiger partial charge is 0.497 e. The number of benzene rings is 2. The van der Waals surface area contributed by atoms with Crippen molar-refractivity contribution in [3.8, 4) is 11.5 Å². The van der Waals surface area contributed by atoms with Crippen LogP contribution in [0.4, 0.5) is 11.4 Å². The zero-order chi connectivity index (χ0) is 22.8. The first-order valence-electron chi connectivity index (χ1n) is 10.1. The van der Waals surface area contributed by atoms with E-state index in [0.717, 1.165) is 10.6 Å². The molecule has 3 aromatic rings. The molecule has 0 spiro atoms. The molecule has 8 heteroatoms. The van der Waals surface area contributed by atoms with Crippen LogP contribution in [0.5, 0.6) is 11.5 Å². The molecule has 0 radical (unpaired) electrons. The van der Waals surface area contributed by atoms with Gasteiger partial charge >= 0.3 is 0 Å². The van der Waals surface area contributed by atoms with E-state index in [1.54, 1.807) is 67.8 Å². The summed E-state index contributed by atoms with van der Waals surface area (Å²) in [5.74, 6) is 0.728. The first kappa shape index (κ1) is 21.7. The summed E-state index contributed by atoms with van der Waals surface area (Å²) in [5.41, 5.74) is 2.26. The molecule has 0 atom stereocenters. The Kier molecular flexibility index (Phi) is 6.05. The summed E-state index contributed by atoms with van der Waals surface area (Å²) in [4.78, 5) is 33.2. The fourth-order valence-electron chi connectivity index (χ4n) is 3.53. The molecule has 164 valence electrons. The average molecular weight is 450 g/mol. The number of fused-ring (bicyclic) bond motifs is 2. The lowest BCUT2D eigenvalue weighted by Crippen LogP contribution is -2.37. The predicted octanol–water partition coefficient (Wildman–Crippen LogP) is 4.87. The van der Waals surface area contributed by atoms with Gasteiger partial charge in [0.05, 0.1) is 31.2 Å². The lowest BCUT2D eigenvalue weighted by atomic mass is 10.1. The molecule has 0 saturated carbocycles. The van der Waals surface area contributed by atoms with Crippen LogP contribution in [0.2, 0.25) is 0 Å².